The van der Waals surface area contributed by atoms with E-state index in [0.717, 1.165) is 64.2 Å². The Hall–Kier alpha value is -1.81. The van der Waals surface area contributed by atoms with Crippen molar-refractivity contribution in [2.24, 2.45) is 0 Å². The minimum Gasteiger partial charge on any atom is -0.462 e. The van der Waals surface area contributed by atoms with Gasteiger partial charge in [0.15, 0.2) is 6.10 Å². The number of hydrogen-bond donors (Lipinski definition) is 3. The molecule has 0 fully saturated rings. The topological polar surface area (TPSA) is 149 Å². The average Bonchev–Trinajstić information content (AvgIpc) is 3.17. The van der Waals surface area contributed by atoms with Gasteiger partial charge in [0.2, 0.25) is 0 Å². The summed E-state index contributed by atoms with van der Waals surface area (Å²) in [6.45, 7) is 2.30. The first-order chi connectivity index (χ1) is 26.7. The van der Waals surface area contributed by atoms with Gasteiger partial charge in [-0.3, -0.25) is 18.6 Å². The minimum atomic E-state index is -4.62. The molecule has 0 aromatic heterocycles. The summed E-state index contributed by atoms with van der Waals surface area (Å²) in [6, 6.07) is 0. The highest BCUT2D eigenvalue weighted by Gasteiger charge is 2.27. The van der Waals surface area contributed by atoms with Crippen molar-refractivity contribution in [3.63, 3.8) is 0 Å². The molecule has 0 bridgehead atoms. The van der Waals surface area contributed by atoms with Crippen LogP contribution < -0.4 is 0 Å². The summed E-state index contributed by atoms with van der Waals surface area (Å²) in [6.07, 6.45) is 41.1. The molecular formula is C44H81O10P. The molecule has 0 aliphatic carbocycles. The van der Waals surface area contributed by atoms with Crippen LogP contribution in [0.25, 0.3) is 0 Å². The summed E-state index contributed by atoms with van der Waals surface area (Å²) in [5.74, 6) is -0.942. The molecule has 0 aromatic carbocycles. The Morgan fingerprint density at radius 3 is 1.49 bits per heavy atom. The summed E-state index contributed by atoms with van der Waals surface area (Å²) >= 11 is 0. The number of aliphatic hydroxyl groups excluding tert-OH is 2. The first kappa shape index (κ1) is 53.2. The molecule has 3 unspecified atom stereocenters. The summed E-state index contributed by atoms with van der Waals surface area (Å²) in [4.78, 5) is 35.0. The highest BCUT2D eigenvalue weighted by atomic mass is 31.2. The summed E-state index contributed by atoms with van der Waals surface area (Å²) in [5.41, 5.74) is 0. The number of unbranched alkanes of at least 4 members (excludes halogenated alkanes) is 21. The smallest absolute Gasteiger partial charge is 0.462 e. The maximum Gasteiger partial charge on any atom is 0.472 e. The molecular weight excluding hydrogens is 719 g/mol. The molecule has 0 heterocycles. The van der Waals surface area contributed by atoms with Gasteiger partial charge >= 0.3 is 19.8 Å². The lowest BCUT2D eigenvalue weighted by Crippen LogP contribution is -2.29. The van der Waals surface area contributed by atoms with E-state index in [0.29, 0.717) is 12.8 Å². The van der Waals surface area contributed by atoms with Crippen molar-refractivity contribution in [2.75, 3.05) is 26.4 Å². The zero-order valence-electron chi connectivity index (χ0n) is 34.9. The predicted octanol–water partition coefficient (Wildman–Crippen LogP) is 11.6. The third-order valence-corrected chi connectivity index (χ3v) is 10.2. The van der Waals surface area contributed by atoms with Crippen LogP contribution in [0.5, 0.6) is 0 Å². The third kappa shape index (κ3) is 40.2. The van der Waals surface area contributed by atoms with Crippen molar-refractivity contribution in [3.8, 4) is 0 Å². The maximum absolute atomic E-state index is 12.6. The van der Waals surface area contributed by atoms with Crippen molar-refractivity contribution in [1.29, 1.82) is 0 Å². The number of phosphoric acid groups is 1. The number of carbonyl (C=O) groups is 2. The van der Waals surface area contributed by atoms with Crippen LogP contribution in [0.3, 0.4) is 0 Å². The van der Waals surface area contributed by atoms with E-state index in [9.17, 15) is 24.2 Å². The number of rotatable bonds is 41. The largest absolute Gasteiger partial charge is 0.472 e. The van der Waals surface area contributed by atoms with Crippen LogP contribution in [0, 0.1) is 0 Å². The molecule has 0 spiro atoms. The van der Waals surface area contributed by atoms with Crippen LogP contribution >= 0.6 is 7.82 Å². The third-order valence-electron chi connectivity index (χ3n) is 9.25. The van der Waals surface area contributed by atoms with Gasteiger partial charge in [-0.25, -0.2) is 4.57 Å². The quantitative estimate of drug-likeness (QED) is 0.0236. The number of phosphoric ester groups is 1. The molecule has 0 aliphatic rings. The Balaban J connectivity index is 4.25. The number of ether oxygens (including phenoxy) is 2. The number of aliphatic hydroxyl groups is 2. The number of carbonyl (C=O) groups excluding carboxylic acids is 2. The SMILES string of the molecule is CCC/C=C\C/C=C\CCCCCCCC(=O)OC(COC(=O)CCCCCCCCCCC/C=C\CCCCCCCC)COP(=O)(O)OCC(O)CO. The number of hydrogen-bond acceptors (Lipinski definition) is 9. The van der Waals surface area contributed by atoms with E-state index >= 15 is 0 Å². The second kappa shape index (κ2) is 40.4. The molecule has 0 aliphatic heterocycles. The molecule has 0 saturated carbocycles. The zero-order valence-corrected chi connectivity index (χ0v) is 35.8. The van der Waals surface area contributed by atoms with Crippen molar-refractivity contribution in [1.82, 2.24) is 0 Å². The molecule has 0 saturated heterocycles. The van der Waals surface area contributed by atoms with Crippen LogP contribution in [0.15, 0.2) is 36.5 Å². The molecule has 322 valence electrons. The lowest BCUT2D eigenvalue weighted by Gasteiger charge is -2.20. The Morgan fingerprint density at radius 1 is 0.545 bits per heavy atom. The molecule has 55 heavy (non-hydrogen) atoms. The van der Waals surface area contributed by atoms with Gasteiger partial charge in [-0.2, -0.15) is 0 Å². The van der Waals surface area contributed by atoms with Crippen LogP contribution in [0.4, 0.5) is 0 Å². The molecule has 0 aromatic rings. The highest BCUT2D eigenvalue weighted by molar-refractivity contribution is 7.47. The van der Waals surface area contributed by atoms with Gasteiger partial charge < -0.3 is 24.6 Å². The zero-order chi connectivity index (χ0) is 40.5. The summed E-state index contributed by atoms with van der Waals surface area (Å²) in [5, 5.41) is 18.3. The van der Waals surface area contributed by atoms with Gasteiger partial charge in [-0.1, -0.05) is 153 Å². The van der Waals surface area contributed by atoms with Gasteiger partial charge in [0.05, 0.1) is 19.8 Å². The van der Waals surface area contributed by atoms with E-state index in [2.05, 4.69) is 54.8 Å². The van der Waals surface area contributed by atoms with E-state index < -0.39 is 51.8 Å². The van der Waals surface area contributed by atoms with Crippen molar-refractivity contribution in [2.45, 2.75) is 206 Å². The maximum atomic E-state index is 12.6. The molecule has 0 rings (SSSR count). The Bertz CT molecular complexity index is 1010. The predicted molar refractivity (Wildman–Crippen MR) is 224 cm³/mol. The lowest BCUT2D eigenvalue weighted by molar-refractivity contribution is -0.161. The van der Waals surface area contributed by atoms with Gasteiger partial charge in [0.25, 0.3) is 0 Å². The molecule has 0 radical (unpaired) electrons. The molecule has 3 atom stereocenters. The standard InChI is InChI=1S/C44H81O10P/c1-3-5-7-9-11-13-15-17-18-19-20-21-22-24-25-27-29-31-33-35-43(47)51-39-42(40-53-55(49,50)52-38-41(46)37-45)54-44(48)36-34-32-30-28-26-23-16-14-12-10-8-6-4-2/h8,10,14,16-18,41-42,45-46H,3-7,9,11-13,15,19-40H2,1-2H3,(H,49,50)/b10-8-,16-14-,18-17-. The Kier molecular flexibility index (Phi) is 39.1. The van der Waals surface area contributed by atoms with E-state index in [4.69, 9.17) is 19.1 Å². The fraction of sp³-hybridized carbons (Fsp3) is 0.818. The van der Waals surface area contributed by atoms with Crippen LogP contribution in [-0.2, 0) is 32.7 Å². The van der Waals surface area contributed by atoms with Crippen LogP contribution in [-0.4, -0.2) is 65.7 Å². The Morgan fingerprint density at radius 2 is 0.982 bits per heavy atom. The lowest BCUT2D eigenvalue weighted by atomic mass is 10.1. The average molecular weight is 801 g/mol. The Labute approximate surface area is 335 Å². The van der Waals surface area contributed by atoms with Gasteiger partial charge in [0.1, 0.15) is 12.7 Å². The monoisotopic (exact) mass is 801 g/mol. The molecule has 0 amide bonds. The molecule has 10 nitrogen and oxygen atoms in total. The van der Waals surface area contributed by atoms with Crippen molar-refractivity contribution in [3.05, 3.63) is 36.5 Å². The van der Waals surface area contributed by atoms with E-state index in [1.165, 1.54) is 89.9 Å². The minimum absolute atomic E-state index is 0.168. The van der Waals surface area contributed by atoms with Gasteiger partial charge in [-0.15, -0.1) is 0 Å². The van der Waals surface area contributed by atoms with E-state index in [1.807, 2.05) is 0 Å². The van der Waals surface area contributed by atoms with Crippen molar-refractivity contribution >= 4 is 19.8 Å². The number of esters is 2. The van der Waals surface area contributed by atoms with Crippen LogP contribution in [0.2, 0.25) is 0 Å². The van der Waals surface area contributed by atoms with Gasteiger partial charge in [-0.05, 0) is 64.2 Å². The highest BCUT2D eigenvalue weighted by Crippen LogP contribution is 2.43. The second-order valence-corrected chi connectivity index (χ2v) is 16.2. The summed E-state index contributed by atoms with van der Waals surface area (Å²) in [7, 11) is -4.62. The fourth-order valence-electron chi connectivity index (χ4n) is 5.85. The van der Waals surface area contributed by atoms with E-state index in [1.54, 1.807) is 0 Å². The normalized spacial score (nSPS) is 14.2. The molecule has 11 heteroatoms. The first-order valence-corrected chi connectivity index (χ1v) is 23.4. The van der Waals surface area contributed by atoms with E-state index in [-0.39, 0.29) is 19.4 Å². The number of allylic oxidation sites excluding steroid dienone is 6. The second-order valence-electron chi connectivity index (χ2n) is 14.7. The van der Waals surface area contributed by atoms with Gasteiger partial charge in [0, 0.05) is 12.8 Å². The summed E-state index contributed by atoms with van der Waals surface area (Å²) < 4.78 is 32.7. The van der Waals surface area contributed by atoms with Crippen molar-refractivity contribution < 1.29 is 47.8 Å². The van der Waals surface area contributed by atoms with Crippen LogP contribution in [0.1, 0.15) is 194 Å². The molecule has 3 N–H and O–H groups in total. The first-order valence-electron chi connectivity index (χ1n) is 21.9. The fourth-order valence-corrected chi connectivity index (χ4v) is 6.64.